The molecule has 0 bridgehead atoms. The van der Waals surface area contributed by atoms with Crippen LogP contribution >= 0.6 is 23.2 Å². The molecule has 0 radical (unpaired) electrons. The Bertz CT molecular complexity index is 1280. The van der Waals surface area contributed by atoms with Crippen LogP contribution in [0, 0.1) is 0 Å². The number of ketones is 1. The Morgan fingerprint density at radius 1 is 0.941 bits per heavy atom. The lowest BCUT2D eigenvalue weighted by atomic mass is 9.95. The molecule has 3 aromatic rings. The van der Waals surface area contributed by atoms with Crippen LogP contribution in [-0.4, -0.2) is 28.0 Å². The molecule has 0 aromatic heterocycles. The van der Waals surface area contributed by atoms with E-state index in [1.165, 1.54) is 29.2 Å². The minimum atomic E-state index is -0.954. The number of benzene rings is 3. The summed E-state index contributed by atoms with van der Waals surface area (Å²) in [5, 5.41) is 21.4. The minimum Gasteiger partial charge on any atom is -0.508 e. The summed E-state index contributed by atoms with van der Waals surface area (Å²) in [4.78, 5) is 27.6. The van der Waals surface area contributed by atoms with Gasteiger partial charge in [0.1, 0.15) is 17.3 Å². The zero-order chi connectivity index (χ0) is 24.6. The second kappa shape index (κ2) is 9.41. The summed E-state index contributed by atoms with van der Waals surface area (Å²) in [5.41, 5.74) is 1.13. The van der Waals surface area contributed by atoms with Crippen molar-refractivity contribution in [1.29, 1.82) is 0 Å². The lowest BCUT2D eigenvalue weighted by Gasteiger charge is -2.25. The van der Waals surface area contributed by atoms with Gasteiger partial charge in [-0.25, -0.2) is 0 Å². The molecular formula is C26H21Cl2NO5. The SMILES string of the molecule is CC(C)Oc1ccc(/C(O)=C2\C(=O)C(=O)N(c3ccc(Cl)c(Cl)c3)C2c2ccc(O)cc2)cc1. The maximum atomic E-state index is 13.2. The van der Waals surface area contributed by atoms with Crippen LogP contribution in [-0.2, 0) is 9.59 Å². The highest BCUT2D eigenvalue weighted by Gasteiger charge is 2.47. The Kier molecular flexibility index (Phi) is 6.55. The van der Waals surface area contributed by atoms with E-state index in [2.05, 4.69) is 0 Å². The molecule has 174 valence electrons. The number of Topliss-reactive ketones (excluding diaryl/α,β-unsaturated/α-hetero) is 1. The van der Waals surface area contributed by atoms with Crippen molar-refractivity contribution in [3.8, 4) is 11.5 Å². The van der Waals surface area contributed by atoms with E-state index < -0.39 is 17.7 Å². The molecule has 1 atom stereocenters. The number of aliphatic hydroxyl groups excluding tert-OH is 1. The number of nitrogens with zero attached hydrogens (tertiary/aromatic N) is 1. The first kappa shape index (κ1) is 23.7. The number of aromatic hydroxyl groups is 1. The maximum absolute atomic E-state index is 13.2. The average Bonchev–Trinajstić information content (AvgIpc) is 3.06. The Morgan fingerprint density at radius 3 is 2.18 bits per heavy atom. The summed E-state index contributed by atoms with van der Waals surface area (Å²) in [5.74, 6) is -1.36. The second-order valence-corrected chi connectivity index (χ2v) is 8.86. The van der Waals surface area contributed by atoms with E-state index in [1.54, 1.807) is 42.5 Å². The zero-order valence-corrected chi connectivity index (χ0v) is 19.8. The second-order valence-electron chi connectivity index (χ2n) is 8.05. The van der Waals surface area contributed by atoms with E-state index in [1.807, 2.05) is 13.8 Å². The summed E-state index contributed by atoms with van der Waals surface area (Å²) in [6.45, 7) is 3.80. The van der Waals surface area contributed by atoms with Gasteiger partial charge in [-0.05, 0) is 74.0 Å². The number of phenolic OH excluding ortho intramolecular Hbond substituents is 1. The highest BCUT2D eigenvalue weighted by atomic mass is 35.5. The average molecular weight is 498 g/mol. The van der Waals surface area contributed by atoms with Crippen LogP contribution in [0.3, 0.4) is 0 Å². The fourth-order valence-electron chi connectivity index (χ4n) is 3.82. The van der Waals surface area contributed by atoms with Gasteiger partial charge in [0.05, 0.1) is 27.8 Å². The largest absolute Gasteiger partial charge is 0.508 e. The summed E-state index contributed by atoms with van der Waals surface area (Å²) < 4.78 is 5.64. The van der Waals surface area contributed by atoms with Gasteiger partial charge >= 0.3 is 0 Å². The lowest BCUT2D eigenvalue weighted by Crippen LogP contribution is -2.29. The third-order valence-corrected chi connectivity index (χ3v) is 6.07. The number of halogens is 2. The van der Waals surface area contributed by atoms with Crippen LogP contribution in [0.2, 0.25) is 10.0 Å². The summed E-state index contributed by atoms with van der Waals surface area (Å²) >= 11 is 12.2. The third kappa shape index (κ3) is 4.47. The highest BCUT2D eigenvalue weighted by Crippen LogP contribution is 2.43. The van der Waals surface area contributed by atoms with E-state index in [4.69, 9.17) is 27.9 Å². The summed E-state index contributed by atoms with van der Waals surface area (Å²) in [6.07, 6.45) is -0.0227. The van der Waals surface area contributed by atoms with Crippen molar-refractivity contribution in [1.82, 2.24) is 0 Å². The number of hydrogen-bond acceptors (Lipinski definition) is 5. The molecule has 0 saturated carbocycles. The number of amides is 1. The molecule has 1 aliphatic heterocycles. The molecule has 1 fully saturated rings. The summed E-state index contributed by atoms with van der Waals surface area (Å²) in [7, 11) is 0. The van der Waals surface area contributed by atoms with Gasteiger partial charge in [-0.1, -0.05) is 35.3 Å². The van der Waals surface area contributed by atoms with Gasteiger partial charge in [0, 0.05) is 11.3 Å². The molecule has 0 aliphatic carbocycles. The molecule has 4 rings (SSSR count). The van der Waals surface area contributed by atoms with Gasteiger partial charge in [-0.15, -0.1) is 0 Å². The van der Waals surface area contributed by atoms with E-state index in [0.29, 0.717) is 27.6 Å². The standard InChI is InChI=1S/C26H21Cl2NO5/c1-14(2)34-19-10-5-16(6-11-19)24(31)22-23(15-3-8-18(30)9-4-15)29(26(33)25(22)32)17-7-12-20(27)21(28)13-17/h3-14,23,30-31H,1-2H3/b24-22+. The van der Waals surface area contributed by atoms with Gasteiger partial charge in [-0.2, -0.15) is 0 Å². The predicted octanol–water partition coefficient (Wildman–Crippen LogP) is 6.11. The minimum absolute atomic E-state index is 0.0227. The van der Waals surface area contributed by atoms with Crippen LogP contribution in [0.5, 0.6) is 11.5 Å². The van der Waals surface area contributed by atoms with Gasteiger partial charge in [0.25, 0.3) is 11.7 Å². The number of aliphatic hydroxyl groups is 1. The van der Waals surface area contributed by atoms with Crippen LogP contribution in [0.4, 0.5) is 5.69 Å². The van der Waals surface area contributed by atoms with E-state index in [9.17, 15) is 19.8 Å². The number of hydrogen-bond donors (Lipinski definition) is 2. The van der Waals surface area contributed by atoms with Crippen LogP contribution in [0.1, 0.15) is 31.0 Å². The first-order chi connectivity index (χ1) is 16.2. The van der Waals surface area contributed by atoms with Gasteiger partial charge in [0.2, 0.25) is 0 Å². The Labute approximate surface area is 206 Å². The first-order valence-electron chi connectivity index (χ1n) is 10.5. The number of ether oxygens (including phenoxy) is 1. The van der Waals surface area contributed by atoms with Crippen molar-refractivity contribution in [2.24, 2.45) is 0 Å². The van der Waals surface area contributed by atoms with E-state index in [0.717, 1.165) is 0 Å². The zero-order valence-electron chi connectivity index (χ0n) is 18.3. The van der Waals surface area contributed by atoms with Gasteiger partial charge in [0.15, 0.2) is 0 Å². The van der Waals surface area contributed by atoms with E-state index in [-0.39, 0.29) is 28.2 Å². The number of phenols is 1. The lowest BCUT2D eigenvalue weighted by molar-refractivity contribution is -0.132. The number of carbonyl (C=O) groups excluding carboxylic acids is 2. The molecule has 1 aliphatic rings. The normalized spacial score (nSPS) is 17.4. The molecule has 6 nitrogen and oxygen atoms in total. The molecule has 1 amide bonds. The molecule has 2 N–H and O–H groups in total. The molecule has 3 aromatic carbocycles. The Morgan fingerprint density at radius 2 is 1.59 bits per heavy atom. The molecule has 0 spiro atoms. The maximum Gasteiger partial charge on any atom is 0.300 e. The Hall–Kier alpha value is -3.48. The number of anilines is 1. The van der Waals surface area contributed by atoms with Crippen molar-refractivity contribution in [3.63, 3.8) is 0 Å². The van der Waals surface area contributed by atoms with Crippen molar-refractivity contribution in [2.45, 2.75) is 26.0 Å². The first-order valence-corrected chi connectivity index (χ1v) is 11.2. The van der Waals surface area contributed by atoms with Crippen LogP contribution in [0.25, 0.3) is 5.76 Å². The van der Waals surface area contributed by atoms with Crippen molar-refractivity contribution in [3.05, 3.63) is 93.5 Å². The molecular weight excluding hydrogens is 477 g/mol. The topological polar surface area (TPSA) is 87.1 Å². The van der Waals surface area contributed by atoms with Gasteiger partial charge < -0.3 is 14.9 Å². The molecule has 1 heterocycles. The fourth-order valence-corrected chi connectivity index (χ4v) is 4.12. The summed E-state index contributed by atoms with van der Waals surface area (Å²) in [6, 6.07) is 16.3. The van der Waals surface area contributed by atoms with Crippen molar-refractivity contribution in [2.75, 3.05) is 4.90 Å². The molecule has 1 saturated heterocycles. The predicted molar refractivity (Wildman–Crippen MR) is 132 cm³/mol. The van der Waals surface area contributed by atoms with E-state index >= 15 is 0 Å². The molecule has 34 heavy (non-hydrogen) atoms. The number of carbonyl (C=O) groups is 2. The number of rotatable bonds is 5. The van der Waals surface area contributed by atoms with Crippen LogP contribution in [0.15, 0.2) is 72.3 Å². The van der Waals surface area contributed by atoms with Crippen LogP contribution < -0.4 is 9.64 Å². The molecule has 8 heteroatoms. The fraction of sp³-hybridized carbons (Fsp3) is 0.154. The quantitative estimate of drug-likeness (QED) is 0.252. The third-order valence-electron chi connectivity index (χ3n) is 5.33. The monoisotopic (exact) mass is 497 g/mol. The van der Waals surface area contributed by atoms with Gasteiger partial charge in [-0.3, -0.25) is 14.5 Å². The highest BCUT2D eigenvalue weighted by molar-refractivity contribution is 6.52. The van der Waals surface area contributed by atoms with Crippen molar-refractivity contribution < 1.29 is 24.5 Å². The smallest absolute Gasteiger partial charge is 0.300 e. The molecule has 1 unspecified atom stereocenters. The Balaban J connectivity index is 1.87. The van der Waals surface area contributed by atoms with Crippen molar-refractivity contribution >= 4 is 46.3 Å².